The molecule has 1 aromatic rings. The molecule has 0 bridgehead atoms. The third kappa shape index (κ3) is 4.30. The van der Waals surface area contributed by atoms with E-state index in [2.05, 4.69) is 64.3 Å². The molecule has 1 aliphatic heterocycles. The van der Waals surface area contributed by atoms with Crippen molar-refractivity contribution in [3.8, 4) is 0 Å². The highest BCUT2D eigenvalue weighted by atomic mass is 79.9. The molecule has 0 aliphatic carbocycles. The maximum Gasteiger partial charge on any atom is 0.0303 e. The van der Waals surface area contributed by atoms with E-state index in [1.54, 1.807) is 0 Å². The van der Waals surface area contributed by atoms with Crippen LogP contribution < -0.4 is 5.32 Å². The first kappa shape index (κ1) is 15.0. The van der Waals surface area contributed by atoms with Gasteiger partial charge in [0.15, 0.2) is 0 Å². The van der Waals surface area contributed by atoms with Crippen LogP contribution >= 0.6 is 15.9 Å². The largest absolute Gasteiger partial charge is 0.310 e. The molecule has 1 N–H and O–H groups in total. The number of benzene rings is 1. The van der Waals surface area contributed by atoms with E-state index in [1.165, 1.54) is 42.5 Å². The Morgan fingerprint density at radius 2 is 2.00 bits per heavy atom. The zero-order valence-corrected chi connectivity index (χ0v) is 13.6. The molecule has 2 nitrogen and oxygen atoms in total. The van der Waals surface area contributed by atoms with Crippen molar-refractivity contribution in [3.63, 3.8) is 0 Å². The van der Waals surface area contributed by atoms with Gasteiger partial charge in [-0.05, 0) is 63.5 Å². The average Bonchev–Trinajstić information content (AvgIpc) is 2.46. The van der Waals surface area contributed by atoms with Gasteiger partial charge < -0.3 is 10.2 Å². The van der Waals surface area contributed by atoms with Gasteiger partial charge in [-0.3, -0.25) is 0 Å². The number of hydrogen-bond donors (Lipinski definition) is 1. The van der Waals surface area contributed by atoms with E-state index < -0.39 is 0 Å². The molecule has 1 saturated heterocycles. The predicted octanol–water partition coefficient (Wildman–Crippen LogP) is 3.83. The summed E-state index contributed by atoms with van der Waals surface area (Å²) in [4.78, 5) is 2.55. The lowest BCUT2D eigenvalue weighted by Gasteiger charge is -2.31. The van der Waals surface area contributed by atoms with Gasteiger partial charge in [0.2, 0.25) is 0 Å². The van der Waals surface area contributed by atoms with E-state index in [0.29, 0.717) is 6.04 Å². The Kier molecular flexibility index (Phi) is 5.86. The molecule has 1 atom stereocenters. The van der Waals surface area contributed by atoms with E-state index in [9.17, 15) is 0 Å². The summed E-state index contributed by atoms with van der Waals surface area (Å²) in [6.45, 7) is 9.39. The summed E-state index contributed by atoms with van der Waals surface area (Å²) in [5, 5.41) is 3.69. The van der Waals surface area contributed by atoms with Crippen molar-refractivity contribution in [3.05, 3.63) is 34.3 Å². The standard InChI is InChI=1S/C16H25BrN2/c1-3-19-10-8-14(9-11-19)12-18-13(2)15-6-4-5-7-16(15)17/h4-7,13-14,18H,3,8-12H2,1-2H3. The molecule has 1 aliphatic rings. The Balaban J connectivity index is 1.78. The van der Waals surface area contributed by atoms with Crippen LogP contribution in [0.3, 0.4) is 0 Å². The maximum absolute atomic E-state index is 3.69. The molecule has 1 heterocycles. The van der Waals surface area contributed by atoms with Crippen molar-refractivity contribution in [2.24, 2.45) is 5.92 Å². The minimum absolute atomic E-state index is 0.416. The van der Waals surface area contributed by atoms with Crippen LogP contribution in [0.4, 0.5) is 0 Å². The van der Waals surface area contributed by atoms with Gasteiger partial charge in [-0.25, -0.2) is 0 Å². The lowest BCUT2D eigenvalue weighted by molar-refractivity contribution is 0.188. The lowest BCUT2D eigenvalue weighted by Crippen LogP contribution is -2.37. The second-order valence-electron chi connectivity index (χ2n) is 5.53. The summed E-state index contributed by atoms with van der Waals surface area (Å²) >= 11 is 3.63. The summed E-state index contributed by atoms with van der Waals surface area (Å²) < 4.78 is 1.20. The minimum Gasteiger partial charge on any atom is -0.310 e. The number of nitrogens with zero attached hydrogens (tertiary/aromatic N) is 1. The number of hydrogen-bond acceptors (Lipinski definition) is 2. The molecule has 0 saturated carbocycles. The first-order chi connectivity index (χ1) is 9.20. The molecular formula is C16H25BrN2. The molecule has 19 heavy (non-hydrogen) atoms. The smallest absolute Gasteiger partial charge is 0.0303 e. The lowest BCUT2D eigenvalue weighted by atomic mass is 9.96. The number of halogens is 1. The fraction of sp³-hybridized carbons (Fsp3) is 0.625. The van der Waals surface area contributed by atoms with Gasteiger partial charge in [0.05, 0.1) is 0 Å². The Bertz CT molecular complexity index is 386. The van der Waals surface area contributed by atoms with Gasteiger partial charge >= 0.3 is 0 Å². The van der Waals surface area contributed by atoms with E-state index in [1.807, 2.05) is 0 Å². The minimum atomic E-state index is 0.416. The first-order valence-electron chi connectivity index (χ1n) is 7.41. The molecule has 0 radical (unpaired) electrons. The van der Waals surface area contributed by atoms with E-state index in [4.69, 9.17) is 0 Å². The van der Waals surface area contributed by atoms with Gasteiger partial charge in [-0.2, -0.15) is 0 Å². The van der Waals surface area contributed by atoms with Crippen LogP contribution in [0, 0.1) is 5.92 Å². The second kappa shape index (κ2) is 7.41. The van der Waals surface area contributed by atoms with Crippen LogP contribution in [-0.2, 0) is 0 Å². The molecule has 0 spiro atoms. The zero-order chi connectivity index (χ0) is 13.7. The van der Waals surface area contributed by atoms with Crippen LogP contribution in [0.25, 0.3) is 0 Å². The Morgan fingerprint density at radius 3 is 2.63 bits per heavy atom. The van der Waals surface area contributed by atoms with Crippen LogP contribution in [0.15, 0.2) is 28.7 Å². The van der Waals surface area contributed by atoms with Gasteiger partial charge in [-0.1, -0.05) is 41.1 Å². The van der Waals surface area contributed by atoms with Gasteiger partial charge in [0.1, 0.15) is 0 Å². The van der Waals surface area contributed by atoms with E-state index in [0.717, 1.165) is 12.5 Å². The predicted molar refractivity (Wildman–Crippen MR) is 85.4 cm³/mol. The fourth-order valence-corrected chi connectivity index (χ4v) is 3.41. The van der Waals surface area contributed by atoms with Gasteiger partial charge in [0, 0.05) is 10.5 Å². The number of piperidine rings is 1. The highest BCUT2D eigenvalue weighted by Crippen LogP contribution is 2.23. The van der Waals surface area contributed by atoms with Crippen molar-refractivity contribution in [1.82, 2.24) is 10.2 Å². The molecule has 1 aromatic carbocycles. The van der Waals surface area contributed by atoms with E-state index >= 15 is 0 Å². The Hall–Kier alpha value is -0.380. The highest BCUT2D eigenvalue weighted by molar-refractivity contribution is 9.10. The SMILES string of the molecule is CCN1CCC(CNC(C)c2ccccc2Br)CC1. The molecule has 3 heteroatoms. The number of likely N-dealkylation sites (tertiary alicyclic amines) is 1. The molecule has 106 valence electrons. The van der Waals surface area contributed by atoms with Crippen molar-refractivity contribution in [1.29, 1.82) is 0 Å². The highest BCUT2D eigenvalue weighted by Gasteiger charge is 2.18. The number of nitrogens with one attached hydrogen (secondary N) is 1. The normalized spacial score (nSPS) is 19.5. The molecule has 1 fully saturated rings. The van der Waals surface area contributed by atoms with Crippen LogP contribution in [-0.4, -0.2) is 31.1 Å². The van der Waals surface area contributed by atoms with E-state index in [-0.39, 0.29) is 0 Å². The fourth-order valence-electron chi connectivity index (χ4n) is 2.79. The first-order valence-corrected chi connectivity index (χ1v) is 8.20. The Morgan fingerprint density at radius 1 is 1.32 bits per heavy atom. The van der Waals surface area contributed by atoms with Gasteiger partial charge in [-0.15, -0.1) is 0 Å². The Labute approximate surface area is 125 Å². The third-order valence-corrected chi connectivity index (χ3v) is 4.96. The van der Waals surface area contributed by atoms with Gasteiger partial charge in [0.25, 0.3) is 0 Å². The number of rotatable bonds is 5. The molecule has 1 unspecified atom stereocenters. The molecular weight excluding hydrogens is 300 g/mol. The quantitative estimate of drug-likeness (QED) is 0.885. The van der Waals surface area contributed by atoms with Crippen molar-refractivity contribution in [2.45, 2.75) is 32.7 Å². The summed E-state index contributed by atoms with van der Waals surface area (Å²) in [6.07, 6.45) is 2.67. The van der Waals surface area contributed by atoms with Crippen LogP contribution in [0.1, 0.15) is 38.3 Å². The summed E-state index contributed by atoms with van der Waals surface area (Å²) in [6, 6.07) is 8.91. The van der Waals surface area contributed by atoms with Crippen LogP contribution in [0.5, 0.6) is 0 Å². The topological polar surface area (TPSA) is 15.3 Å². The summed E-state index contributed by atoms with van der Waals surface area (Å²) in [7, 11) is 0. The molecule has 0 aromatic heterocycles. The maximum atomic E-state index is 3.69. The van der Waals surface area contributed by atoms with Crippen molar-refractivity contribution < 1.29 is 0 Å². The van der Waals surface area contributed by atoms with Crippen LogP contribution in [0.2, 0.25) is 0 Å². The van der Waals surface area contributed by atoms with Crippen molar-refractivity contribution in [2.75, 3.05) is 26.2 Å². The molecule has 2 rings (SSSR count). The zero-order valence-electron chi connectivity index (χ0n) is 12.0. The average molecular weight is 325 g/mol. The van der Waals surface area contributed by atoms with Crippen molar-refractivity contribution >= 4 is 15.9 Å². The second-order valence-corrected chi connectivity index (χ2v) is 6.38. The summed E-state index contributed by atoms with van der Waals surface area (Å²) in [5.41, 5.74) is 1.36. The third-order valence-electron chi connectivity index (χ3n) is 4.24. The molecule has 0 amide bonds. The summed E-state index contributed by atoms with van der Waals surface area (Å²) in [5.74, 6) is 0.840. The monoisotopic (exact) mass is 324 g/mol.